The van der Waals surface area contributed by atoms with Crippen LogP contribution in [-0.4, -0.2) is 24.8 Å². The Balaban J connectivity index is 2.36. The second-order valence-electron chi connectivity index (χ2n) is 2.63. The summed E-state index contributed by atoms with van der Waals surface area (Å²) in [5.74, 6) is 0.146. The number of methoxy groups -OCH3 is 1. The van der Waals surface area contributed by atoms with Crippen LogP contribution < -0.4 is 0 Å². The van der Waals surface area contributed by atoms with Gasteiger partial charge in [-0.25, -0.2) is 4.79 Å². The number of esters is 1. The Morgan fingerprint density at radius 3 is 2.60 bits per heavy atom. The lowest BCUT2D eigenvalue weighted by atomic mass is 10.1. The van der Waals surface area contributed by atoms with Crippen molar-refractivity contribution in [1.29, 1.82) is 0 Å². The first-order chi connectivity index (χ1) is 4.66. The molecule has 0 saturated heterocycles. The van der Waals surface area contributed by atoms with Crippen LogP contribution >= 0.6 is 0 Å². The van der Waals surface area contributed by atoms with E-state index in [4.69, 9.17) is 0 Å². The summed E-state index contributed by atoms with van der Waals surface area (Å²) >= 11 is 0. The lowest BCUT2D eigenvalue weighted by Gasteiger charge is -1.96. The summed E-state index contributed by atoms with van der Waals surface area (Å²) in [5, 5.41) is 0. The number of hydrogen-bond acceptors (Lipinski definition) is 3. The fourth-order valence-electron chi connectivity index (χ4n) is 0.862. The molecular formula is C7H11NO2. The molecule has 0 bridgehead atoms. The molecule has 1 unspecified atom stereocenters. The zero-order valence-electron chi connectivity index (χ0n) is 6.42. The van der Waals surface area contributed by atoms with Crippen molar-refractivity contribution >= 4 is 11.7 Å². The van der Waals surface area contributed by atoms with Crippen LogP contribution in [0.1, 0.15) is 13.8 Å². The monoisotopic (exact) mass is 141 g/mol. The first-order valence-corrected chi connectivity index (χ1v) is 3.32. The van der Waals surface area contributed by atoms with Gasteiger partial charge in [-0.3, -0.25) is 4.99 Å². The number of nitrogens with zero attached hydrogens (tertiary/aromatic N) is 1. The molecule has 0 aromatic heterocycles. The van der Waals surface area contributed by atoms with Crippen molar-refractivity contribution in [1.82, 2.24) is 0 Å². The lowest BCUT2D eigenvalue weighted by Crippen LogP contribution is -2.16. The van der Waals surface area contributed by atoms with Gasteiger partial charge in [0.2, 0.25) is 0 Å². The molecule has 0 spiro atoms. The minimum atomic E-state index is -0.245. The Kier molecular flexibility index (Phi) is 1.74. The molecule has 56 valence electrons. The summed E-state index contributed by atoms with van der Waals surface area (Å²) in [6, 6.07) is -0.245. The van der Waals surface area contributed by atoms with E-state index in [-0.39, 0.29) is 12.0 Å². The highest BCUT2D eigenvalue weighted by Crippen LogP contribution is 2.19. The van der Waals surface area contributed by atoms with Gasteiger partial charge in [0.25, 0.3) is 0 Å². The summed E-state index contributed by atoms with van der Waals surface area (Å²) in [5.41, 5.74) is 0.965. The highest BCUT2D eigenvalue weighted by Gasteiger charge is 2.37. The minimum Gasteiger partial charge on any atom is -0.467 e. The van der Waals surface area contributed by atoms with E-state index in [1.165, 1.54) is 7.11 Å². The zero-order chi connectivity index (χ0) is 7.72. The molecule has 0 N–H and O–H groups in total. The Bertz CT molecular complexity index is 184. The van der Waals surface area contributed by atoms with E-state index in [0.29, 0.717) is 5.92 Å². The van der Waals surface area contributed by atoms with Gasteiger partial charge in [-0.2, -0.15) is 0 Å². The average molecular weight is 141 g/mol. The van der Waals surface area contributed by atoms with Crippen molar-refractivity contribution in [2.75, 3.05) is 7.11 Å². The molecule has 0 aromatic carbocycles. The molecule has 10 heavy (non-hydrogen) atoms. The second-order valence-corrected chi connectivity index (χ2v) is 2.63. The van der Waals surface area contributed by atoms with E-state index in [1.807, 2.05) is 13.8 Å². The molecule has 0 saturated carbocycles. The number of carbonyl (C=O) groups is 1. The molecule has 0 amide bonds. The predicted octanol–water partition coefficient (Wildman–Crippen LogP) is 0.639. The third-order valence-corrected chi connectivity index (χ3v) is 1.51. The molecule has 0 aliphatic carbocycles. The maximum absolute atomic E-state index is 10.8. The van der Waals surface area contributed by atoms with Crippen LogP contribution in [-0.2, 0) is 9.53 Å². The normalized spacial score (nSPS) is 22.4. The third kappa shape index (κ3) is 1.17. The SMILES string of the molecule is COC(=O)C1N=C1C(C)C. The number of carbonyl (C=O) groups excluding carboxylic acids is 1. The van der Waals surface area contributed by atoms with Crippen LogP contribution in [0.25, 0.3) is 0 Å². The van der Waals surface area contributed by atoms with Crippen LogP contribution in [0.15, 0.2) is 4.99 Å². The second kappa shape index (κ2) is 2.40. The zero-order valence-corrected chi connectivity index (χ0v) is 6.42. The van der Waals surface area contributed by atoms with Crippen molar-refractivity contribution in [3.8, 4) is 0 Å². The Labute approximate surface area is 60.1 Å². The van der Waals surface area contributed by atoms with Crippen LogP contribution in [0.2, 0.25) is 0 Å². The number of rotatable bonds is 2. The highest BCUT2D eigenvalue weighted by atomic mass is 16.5. The van der Waals surface area contributed by atoms with E-state index in [1.54, 1.807) is 0 Å². The maximum Gasteiger partial charge on any atom is 0.336 e. The Hall–Kier alpha value is -0.860. The molecular weight excluding hydrogens is 130 g/mol. The number of hydrogen-bond donors (Lipinski definition) is 0. The van der Waals surface area contributed by atoms with Gasteiger partial charge in [0.1, 0.15) is 0 Å². The van der Waals surface area contributed by atoms with Crippen molar-refractivity contribution in [3.63, 3.8) is 0 Å². The largest absolute Gasteiger partial charge is 0.467 e. The quantitative estimate of drug-likeness (QED) is 0.529. The van der Waals surface area contributed by atoms with Gasteiger partial charge in [0.05, 0.1) is 12.8 Å². The molecule has 1 atom stereocenters. The topological polar surface area (TPSA) is 38.7 Å². The van der Waals surface area contributed by atoms with Crippen LogP contribution in [0.5, 0.6) is 0 Å². The standard InChI is InChI=1S/C7H11NO2/c1-4(2)5-6(8-5)7(9)10-3/h4,6H,1-3H3. The lowest BCUT2D eigenvalue weighted by molar-refractivity contribution is -0.139. The van der Waals surface area contributed by atoms with Crippen molar-refractivity contribution < 1.29 is 9.53 Å². The highest BCUT2D eigenvalue weighted by molar-refractivity contribution is 6.16. The summed E-state index contributed by atoms with van der Waals surface area (Å²) in [6.45, 7) is 4.03. The Morgan fingerprint density at radius 2 is 2.30 bits per heavy atom. The molecule has 1 aliphatic heterocycles. The van der Waals surface area contributed by atoms with Gasteiger partial charge >= 0.3 is 5.97 Å². The average Bonchev–Trinajstić information content (AvgIpc) is 2.64. The fraction of sp³-hybridized carbons (Fsp3) is 0.714. The van der Waals surface area contributed by atoms with E-state index in [2.05, 4.69) is 9.73 Å². The molecule has 1 rings (SSSR count). The maximum atomic E-state index is 10.8. The number of aliphatic imine (C=N–C) groups is 1. The summed E-state index contributed by atoms with van der Waals surface area (Å²) < 4.78 is 4.50. The summed E-state index contributed by atoms with van der Waals surface area (Å²) in [4.78, 5) is 14.7. The number of ether oxygens (including phenoxy) is 1. The summed E-state index contributed by atoms with van der Waals surface area (Å²) in [7, 11) is 1.38. The van der Waals surface area contributed by atoms with Crippen molar-refractivity contribution in [3.05, 3.63) is 0 Å². The van der Waals surface area contributed by atoms with Crippen molar-refractivity contribution in [2.45, 2.75) is 19.9 Å². The molecule has 1 heterocycles. The van der Waals surface area contributed by atoms with Crippen LogP contribution in [0.4, 0.5) is 0 Å². The smallest absolute Gasteiger partial charge is 0.336 e. The third-order valence-electron chi connectivity index (χ3n) is 1.51. The van der Waals surface area contributed by atoms with Gasteiger partial charge in [-0.1, -0.05) is 13.8 Å². The van der Waals surface area contributed by atoms with E-state index in [0.717, 1.165) is 5.71 Å². The van der Waals surface area contributed by atoms with Gasteiger partial charge in [-0.15, -0.1) is 0 Å². The molecule has 0 aromatic rings. The molecule has 1 aliphatic rings. The molecule has 3 heteroatoms. The van der Waals surface area contributed by atoms with Crippen LogP contribution in [0.3, 0.4) is 0 Å². The van der Waals surface area contributed by atoms with E-state index >= 15 is 0 Å². The van der Waals surface area contributed by atoms with Gasteiger partial charge in [0, 0.05) is 0 Å². The first kappa shape index (κ1) is 7.25. The first-order valence-electron chi connectivity index (χ1n) is 3.32. The van der Waals surface area contributed by atoms with Gasteiger partial charge < -0.3 is 4.74 Å². The minimum absolute atomic E-state index is 0.233. The van der Waals surface area contributed by atoms with E-state index in [9.17, 15) is 4.79 Å². The summed E-state index contributed by atoms with van der Waals surface area (Å²) in [6.07, 6.45) is 0. The van der Waals surface area contributed by atoms with Crippen molar-refractivity contribution in [2.24, 2.45) is 10.9 Å². The molecule has 3 nitrogen and oxygen atoms in total. The van der Waals surface area contributed by atoms with Gasteiger partial charge in [0.15, 0.2) is 6.04 Å². The van der Waals surface area contributed by atoms with Crippen LogP contribution in [0, 0.1) is 5.92 Å². The predicted molar refractivity (Wildman–Crippen MR) is 38.1 cm³/mol. The fourth-order valence-corrected chi connectivity index (χ4v) is 0.862. The molecule has 0 radical (unpaired) electrons. The van der Waals surface area contributed by atoms with Gasteiger partial charge in [-0.05, 0) is 5.92 Å². The molecule has 0 fully saturated rings. The Morgan fingerprint density at radius 1 is 1.70 bits per heavy atom. The van der Waals surface area contributed by atoms with E-state index < -0.39 is 0 Å².